The molecule has 0 saturated carbocycles. The van der Waals surface area contributed by atoms with Crippen molar-refractivity contribution in [2.24, 2.45) is 0 Å². The maximum atomic E-state index is 3.48. The van der Waals surface area contributed by atoms with Gasteiger partial charge in [0.1, 0.15) is 0 Å². The Morgan fingerprint density at radius 2 is 0.958 bits per heavy atom. The van der Waals surface area contributed by atoms with Crippen molar-refractivity contribution in [2.45, 2.75) is 50.0 Å². The average Bonchev–Trinajstić information content (AvgIpc) is 3.47. The van der Waals surface area contributed by atoms with Crippen molar-refractivity contribution in [1.82, 2.24) is 0 Å². The van der Waals surface area contributed by atoms with E-state index in [1.807, 2.05) is 0 Å². The summed E-state index contributed by atoms with van der Waals surface area (Å²) in [5.74, 6) is 5.63. The van der Waals surface area contributed by atoms with Gasteiger partial charge in [0.2, 0.25) is 0 Å². The minimum absolute atomic E-state index is 0. The zero-order valence-corrected chi connectivity index (χ0v) is 35.2. The second kappa shape index (κ2) is 17.8. The van der Waals surface area contributed by atoms with Crippen LogP contribution < -0.4 is 24.8 Å². The number of allylic oxidation sites excluding steroid dienone is 16. The van der Waals surface area contributed by atoms with Crippen molar-refractivity contribution in [3.05, 3.63) is 190 Å². The average molecular weight is 891 g/mol. The fourth-order valence-corrected chi connectivity index (χ4v) is 6.83. The van der Waals surface area contributed by atoms with Crippen LogP contribution in [0.25, 0.3) is 21.5 Å². The van der Waals surface area contributed by atoms with Crippen LogP contribution in [0.1, 0.15) is 49.7 Å². The monoisotopic (exact) mass is 892 g/mol. The Labute approximate surface area is 315 Å². The molecule has 0 bridgehead atoms. The fraction of sp³-hybridized carbons (Fsp3) is 0.182. The molecule has 4 aromatic rings. The van der Waals surface area contributed by atoms with Crippen LogP contribution in [-0.2, 0) is 21.3 Å². The van der Waals surface area contributed by atoms with E-state index in [0.717, 1.165) is 12.8 Å². The molecule has 0 heterocycles. The van der Waals surface area contributed by atoms with Crippen LogP contribution in [0.5, 0.6) is 0 Å². The Bertz CT molecular complexity index is 1910. The minimum Gasteiger partial charge on any atom is -1.00 e. The molecule has 0 spiro atoms. The molecule has 0 fully saturated rings. The van der Waals surface area contributed by atoms with Gasteiger partial charge in [0.25, 0.3) is 0 Å². The van der Waals surface area contributed by atoms with Gasteiger partial charge in [-0.25, -0.2) is 0 Å². The van der Waals surface area contributed by atoms with Crippen molar-refractivity contribution in [3.8, 4) is 0 Å². The van der Waals surface area contributed by atoms with Gasteiger partial charge in [0.05, 0.1) is 0 Å². The summed E-state index contributed by atoms with van der Waals surface area (Å²) in [7, 11) is -0.194. The molecule has 0 radical (unpaired) electrons. The van der Waals surface area contributed by atoms with Gasteiger partial charge in [-0.2, -0.15) is 34.4 Å². The number of fused-ring (bicyclic) bond motifs is 4. The molecule has 0 saturated heterocycles. The van der Waals surface area contributed by atoms with Gasteiger partial charge in [-0.1, -0.05) is 111 Å². The smallest absolute Gasteiger partial charge is 1.00 e. The molecule has 2 atom stereocenters. The molecule has 4 aromatic carbocycles. The van der Waals surface area contributed by atoms with Gasteiger partial charge in [0.15, 0.2) is 0 Å². The molecule has 4 aliphatic carbocycles. The van der Waals surface area contributed by atoms with E-state index in [1.165, 1.54) is 87.4 Å². The Balaban J connectivity index is 0.000000188. The standard InChI is InChI=1S/2C21H17.C2H6Ge.2ClH.Hf/c2*1-15-13-17-8-3-5-11-20(21(17)14-15)19-12-6-9-16-7-2-4-10-18(16)19;1-3-2;;;/h2*2-10,12,14,20H,11H2,1H3;1-2H3;2*1H;/q2*-1;;;;+2/p-2. The molecule has 0 amide bonds. The Kier molecular flexibility index (Phi) is 14.1. The molecule has 0 N–H and O–H groups in total. The van der Waals surface area contributed by atoms with Crippen LogP contribution in [0.4, 0.5) is 0 Å². The zero-order chi connectivity index (χ0) is 32.0. The van der Waals surface area contributed by atoms with E-state index in [4.69, 9.17) is 0 Å². The molecular weight excluding hydrogens is 850 g/mol. The molecule has 48 heavy (non-hydrogen) atoms. The van der Waals surface area contributed by atoms with Crippen LogP contribution in [0.15, 0.2) is 167 Å². The summed E-state index contributed by atoms with van der Waals surface area (Å²) in [6, 6.07) is 30.6. The minimum atomic E-state index is -0.194. The predicted octanol–water partition coefficient (Wildman–Crippen LogP) is 5.79. The van der Waals surface area contributed by atoms with E-state index < -0.39 is 0 Å². The number of halogens is 2. The first-order valence-electron chi connectivity index (χ1n) is 16.2. The Morgan fingerprint density at radius 1 is 0.583 bits per heavy atom. The van der Waals surface area contributed by atoms with Crippen molar-refractivity contribution in [3.63, 3.8) is 0 Å². The fourth-order valence-electron chi connectivity index (χ4n) is 6.83. The van der Waals surface area contributed by atoms with E-state index in [-0.39, 0.29) is 34.9 Å². The maximum Gasteiger partial charge on any atom is -1.00 e. The molecule has 0 aromatic heterocycles. The number of hydrogen-bond acceptors (Lipinski definition) is 0. The van der Waals surface area contributed by atoms with E-state index in [1.54, 1.807) is 0 Å². The molecule has 8 rings (SSSR count). The summed E-state index contributed by atoms with van der Waals surface area (Å²) < 4.78 is 0. The van der Waals surface area contributed by atoms with Gasteiger partial charge in [-0.15, -0.1) is 47.6 Å². The molecule has 2 unspecified atom stereocenters. The Morgan fingerprint density at radius 3 is 1.38 bits per heavy atom. The summed E-state index contributed by atoms with van der Waals surface area (Å²) in [5, 5.41) is 5.37. The van der Waals surface area contributed by atoms with Crippen LogP contribution >= 0.6 is 0 Å². The third-order valence-electron chi connectivity index (χ3n) is 8.72. The van der Waals surface area contributed by atoms with Gasteiger partial charge in [-0.3, -0.25) is 0 Å². The summed E-state index contributed by atoms with van der Waals surface area (Å²) in [6.07, 6.45) is 26.9. The first kappa shape index (κ1) is 38.1. The summed E-state index contributed by atoms with van der Waals surface area (Å²) in [5.41, 5.74) is 10.6. The second-order valence-corrected chi connectivity index (χ2v) is 35.4. The molecule has 0 nitrogen and oxygen atoms in total. The van der Waals surface area contributed by atoms with Crippen LogP contribution in [-0.4, -0.2) is 10.1 Å². The molecule has 0 aliphatic heterocycles. The quantitative estimate of drug-likeness (QED) is 0.177. The molecule has 4 aliphatic rings. The van der Waals surface area contributed by atoms with Gasteiger partial charge >= 0.3 is 42.8 Å². The maximum absolute atomic E-state index is 3.48. The SMILES string of the molecule is CC1=[C-]C2=CC=CCC(c3cccc4ccccc34)C2=C1.CC1=[C-]C2=CC=CCC(c3cccc4ccccc34)C2=C1.[CH3][Ge]([CH3])=[Hf+2].[Cl-].[Cl-]. The van der Waals surface area contributed by atoms with E-state index >= 15 is 0 Å². The second-order valence-electron chi connectivity index (χ2n) is 12.5. The third-order valence-corrected chi connectivity index (χ3v) is 8.72. The molecule has 240 valence electrons. The number of benzene rings is 4. The zero-order valence-electron chi connectivity index (χ0n) is 28.0. The topological polar surface area (TPSA) is 0 Å². The van der Waals surface area contributed by atoms with Gasteiger partial charge < -0.3 is 24.8 Å². The van der Waals surface area contributed by atoms with Crippen LogP contribution in [0, 0.1) is 12.2 Å². The Hall–Kier alpha value is -2.69. The summed E-state index contributed by atoms with van der Waals surface area (Å²) in [4.78, 5) is 0. The van der Waals surface area contributed by atoms with E-state index in [0.29, 0.717) is 11.8 Å². The van der Waals surface area contributed by atoms with Gasteiger partial charge in [-0.05, 0) is 57.3 Å². The molecular formula is C44H40Cl2GeHf-2. The normalized spacial score (nSPS) is 18.6. The van der Waals surface area contributed by atoms with E-state index in [9.17, 15) is 0 Å². The van der Waals surface area contributed by atoms with Crippen LogP contribution in [0.3, 0.4) is 0 Å². The van der Waals surface area contributed by atoms with Gasteiger partial charge in [0, 0.05) is 0 Å². The van der Waals surface area contributed by atoms with Crippen molar-refractivity contribution < 1.29 is 46.1 Å². The first-order chi connectivity index (χ1) is 22.4. The van der Waals surface area contributed by atoms with Crippen molar-refractivity contribution in [2.75, 3.05) is 0 Å². The summed E-state index contributed by atoms with van der Waals surface area (Å²) in [6.45, 7) is 4.26. The number of rotatable bonds is 2. The van der Waals surface area contributed by atoms with Crippen molar-refractivity contribution in [1.29, 1.82) is 0 Å². The molecule has 4 heteroatoms. The van der Waals surface area contributed by atoms with E-state index in [2.05, 4.69) is 171 Å². The predicted molar refractivity (Wildman–Crippen MR) is 196 cm³/mol. The first-order valence-corrected chi connectivity index (χ1v) is 30.8. The number of hydrogen-bond donors (Lipinski definition) is 0. The van der Waals surface area contributed by atoms with Crippen LogP contribution in [0.2, 0.25) is 11.5 Å². The van der Waals surface area contributed by atoms with Crippen molar-refractivity contribution >= 4 is 31.6 Å². The summed E-state index contributed by atoms with van der Waals surface area (Å²) >= 11 is 1.52. The largest absolute Gasteiger partial charge is 1.00 e. The third kappa shape index (κ3) is 8.91.